The van der Waals surface area contributed by atoms with Crippen molar-refractivity contribution in [3.8, 4) is 11.5 Å². The minimum atomic E-state index is -0.468. The fourth-order valence-electron chi connectivity index (χ4n) is 2.82. The van der Waals surface area contributed by atoms with E-state index < -0.39 is 5.97 Å². The third-order valence-corrected chi connectivity index (χ3v) is 4.48. The van der Waals surface area contributed by atoms with Gasteiger partial charge in [0.1, 0.15) is 11.5 Å². The summed E-state index contributed by atoms with van der Waals surface area (Å²) >= 11 is 0. The van der Waals surface area contributed by atoms with Gasteiger partial charge in [-0.05, 0) is 60.9 Å². The highest BCUT2D eigenvalue weighted by atomic mass is 16.5. The Morgan fingerprint density at radius 3 is 2.06 bits per heavy atom. The molecule has 0 saturated heterocycles. The second kappa shape index (κ2) is 11.5. The average molecular weight is 416 g/mol. The van der Waals surface area contributed by atoms with Crippen LogP contribution in [0.4, 0.5) is 0 Å². The first kappa shape index (κ1) is 22.0. The van der Waals surface area contributed by atoms with Gasteiger partial charge < -0.3 is 14.6 Å². The van der Waals surface area contributed by atoms with Crippen molar-refractivity contribution in [2.75, 3.05) is 13.2 Å². The number of carbonyl (C=O) groups is 2. The van der Waals surface area contributed by atoms with Crippen molar-refractivity contribution in [3.05, 3.63) is 102 Å². The van der Waals surface area contributed by atoms with Crippen LogP contribution in [0, 0.1) is 0 Å². The van der Waals surface area contributed by atoms with Gasteiger partial charge in [0, 0.05) is 23.8 Å². The highest BCUT2D eigenvalue weighted by Gasteiger charge is 2.09. The summed E-state index contributed by atoms with van der Waals surface area (Å²) in [6.45, 7) is 0.685. The minimum absolute atomic E-state index is 0.0918. The van der Waals surface area contributed by atoms with Crippen LogP contribution >= 0.6 is 0 Å². The Morgan fingerprint density at radius 1 is 0.774 bits per heavy atom. The summed E-state index contributed by atoms with van der Waals surface area (Å²) in [6, 6.07) is 22.9. The summed E-state index contributed by atoms with van der Waals surface area (Å²) in [5.74, 6) is 0.618. The fourth-order valence-corrected chi connectivity index (χ4v) is 2.82. The quantitative estimate of drug-likeness (QED) is 0.171. The fraction of sp³-hybridized carbons (Fsp3) is 0.154. The zero-order chi connectivity index (χ0) is 21.9. The topological polar surface area (TPSA) is 72.8 Å². The van der Waals surface area contributed by atoms with E-state index in [9.17, 15) is 9.59 Å². The van der Waals surface area contributed by atoms with E-state index in [1.807, 2.05) is 6.07 Å². The molecule has 0 bridgehead atoms. The minimum Gasteiger partial charge on any atom is -0.494 e. The number of hydrogen-bond acceptors (Lipinski definition) is 5. The molecule has 0 spiro atoms. The van der Waals surface area contributed by atoms with Crippen LogP contribution in [0.2, 0.25) is 0 Å². The zero-order valence-corrected chi connectivity index (χ0v) is 17.1. The van der Waals surface area contributed by atoms with Crippen molar-refractivity contribution in [2.24, 2.45) is 0 Å². The normalized spacial score (nSPS) is 10.7. The number of aliphatic hydroxyl groups is 1. The summed E-state index contributed by atoms with van der Waals surface area (Å²) in [6.07, 6.45) is 4.48. The highest BCUT2D eigenvalue weighted by Crippen LogP contribution is 2.17. The molecule has 0 atom stereocenters. The van der Waals surface area contributed by atoms with Gasteiger partial charge in [-0.2, -0.15) is 0 Å². The van der Waals surface area contributed by atoms with Crippen molar-refractivity contribution in [1.82, 2.24) is 0 Å². The summed E-state index contributed by atoms with van der Waals surface area (Å²) in [5, 5.41) is 8.78. The SMILES string of the molecule is O=C(C=Cc1ccc(C(=O)c2ccc(OCCCCO)cc2)cc1)Oc1ccccc1. The number of rotatable bonds is 10. The van der Waals surface area contributed by atoms with Crippen LogP contribution < -0.4 is 9.47 Å². The Hall–Kier alpha value is -3.70. The van der Waals surface area contributed by atoms with Crippen molar-refractivity contribution in [2.45, 2.75) is 12.8 Å². The molecule has 5 nitrogen and oxygen atoms in total. The van der Waals surface area contributed by atoms with E-state index in [0.29, 0.717) is 35.7 Å². The second-order valence-electron chi connectivity index (χ2n) is 6.82. The number of carbonyl (C=O) groups excluding carboxylic acids is 2. The Morgan fingerprint density at radius 2 is 1.42 bits per heavy atom. The molecule has 0 radical (unpaired) electrons. The molecule has 0 aliphatic carbocycles. The van der Waals surface area contributed by atoms with Gasteiger partial charge in [0.2, 0.25) is 0 Å². The van der Waals surface area contributed by atoms with E-state index in [1.165, 1.54) is 6.08 Å². The molecule has 158 valence electrons. The average Bonchev–Trinajstić information content (AvgIpc) is 2.81. The lowest BCUT2D eigenvalue weighted by molar-refractivity contribution is -0.128. The number of ketones is 1. The van der Waals surface area contributed by atoms with E-state index in [1.54, 1.807) is 78.9 Å². The van der Waals surface area contributed by atoms with Crippen molar-refractivity contribution < 1.29 is 24.2 Å². The van der Waals surface area contributed by atoms with Gasteiger partial charge in [-0.25, -0.2) is 4.79 Å². The van der Waals surface area contributed by atoms with E-state index in [0.717, 1.165) is 12.0 Å². The lowest BCUT2D eigenvalue weighted by Crippen LogP contribution is -2.03. The lowest BCUT2D eigenvalue weighted by atomic mass is 10.0. The number of benzene rings is 3. The Balaban J connectivity index is 1.55. The van der Waals surface area contributed by atoms with Crippen molar-refractivity contribution in [3.63, 3.8) is 0 Å². The maximum absolute atomic E-state index is 12.7. The first-order valence-electron chi connectivity index (χ1n) is 10.1. The van der Waals surface area contributed by atoms with Gasteiger partial charge in [-0.15, -0.1) is 0 Å². The maximum atomic E-state index is 12.7. The summed E-state index contributed by atoms with van der Waals surface area (Å²) in [4.78, 5) is 24.6. The van der Waals surface area contributed by atoms with Gasteiger partial charge in [0.25, 0.3) is 0 Å². The summed E-state index contributed by atoms with van der Waals surface area (Å²) in [5.41, 5.74) is 1.91. The van der Waals surface area contributed by atoms with Crippen molar-refractivity contribution >= 4 is 17.8 Å². The molecule has 1 N–H and O–H groups in total. The van der Waals surface area contributed by atoms with Gasteiger partial charge in [-0.3, -0.25) is 4.79 Å². The standard InChI is InChI=1S/C26H24O5/c27-18-4-5-19-30-23-15-13-22(14-16-23)26(29)21-11-8-20(9-12-21)10-17-25(28)31-24-6-2-1-3-7-24/h1-3,6-17,27H,4-5,18-19H2. The van der Waals surface area contributed by atoms with E-state index in [-0.39, 0.29) is 12.4 Å². The number of esters is 1. The summed E-state index contributed by atoms with van der Waals surface area (Å²) in [7, 11) is 0. The van der Waals surface area contributed by atoms with Gasteiger partial charge in [0.15, 0.2) is 5.78 Å². The van der Waals surface area contributed by atoms with Crippen LogP contribution in [0.3, 0.4) is 0 Å². The van der Waals surface area contributed by atoms with Gasteiger partial charge >= 0.3 is 5.97 Å². The number of para-hydroxylation sites is 1. The lowest BCUT2D eigenvalue weighted by Gasteiger charge is -2.07. The van der Waals surface area contributed by atoms with E-state index in [2.05, 4.69) is 0 Å². The molecule has 3 aromatic carbocycles. The molecule has 31 heavy (non-hydrogen) atoms. The first-order valence-corrected chi connectivity index (χ1v) is 10.1. The van der Waals surface area contributed by atoms with Crippen LogP contribution in [0.5, 0.6) is 11.5 Å². The van der Waals surface area contributed by atoms with Crippen LogP contribution in [-0.4, -0.2) is 30.1 Å². The molecule has 3 aromatic rings. The Labute approximate surface area is 181 Å². The molecule has 0 heterocycles. The number of ether oxygens (including phenoxy) is 2. The monoisotopic (exact) mass is 416 g/mol. The Bertz CT molecular complexity index is 1010. The maximum Gasteiger partial charge on any atom is 0.336 e. The summed E-state index contributed by atoms with van der Waals surface area (Å²) < 4.78 is 10.8. The smallest absolute Gasteiger partial charge is 0.336 e. The van der Waals surface area contributed by atoms with Gasteiger partial charge in [-0.1, -0.05) is 42.5 Å². The largest absolute Gasteiger partial charge is 0.494 e. The Kier molecular flexibility index (Phi) is 8.14. The molecule has 5 heteroatoms. The second-order valence-corrected chi connectivity index (χ2v) is 6.82. The molecule has 0 unspecified atom stereocenters. The van der Waals surface area contributed by atoms with E-state index >= 15 is 0 Å². The van der Waals surface area contributed by atoms with Crippen LogP contribution in [-0.2, 0) is 4.79 Å². The molecule has 0 saturated carbocycles. The third-order valence-electron chi connectivity index (χ3n) is 4.48. The molecular formula is C26H24O5. The van der Waals surface area contributed by atoms with E-state index in [4.69, 9.17) is 14.6 Å². The predicted molar refractivity (Wildman–Crippen MR) is 119 cm³/mol. The highest BCUT2D eigenvalue weighted by molar-refractivity contribution is 6.09. The third kappa shape index (κ3) is 6.94. The molecule has 0 aromatic heterocycles. The first-order chi connectivity index (χ1) is 15.2. The zero-order valence-electron chi connectivity index (χ0n) is 17.1. The molecule has 0 aliphatic rings. The molecule has 0 aliphatic heterocycles. The van der Waals surface area contributed by atoms with Crippen LogP contribution in [0.1, 0.15) is 34.3 Å². The molecule has 0 amide bonds. The molecule has 0 fully saturated rings. The number of hydrogen-bond donors (Lipinski definition) is 1. The van der Waals surface area contributed by atoms with Crippen LogP contribution in [0.15, 0.2) is 84.9 Å². The molecular weight excluding hydrogens is 392 g/mol. The predicted octanol–water partition coefficient (Wildman–Crippen LogP) is 4.69. The van der Waals surface area contributed by atoms with Crippen LogP contribution in [0.25, 0.3) is 6.08 Å². The number of aliphatic hydroxyl groups excluding tert-OH is 1. The molecule has 3 rings (SSSR count). The number of unbranched alkanes of at least 4 members (excludes halogenated alkanes) is 1. The van der Waals surface area contributed by atoms with Gasteiger partial charge in [0.05, 0.1) is 6.61 Å². The van der Waals surface area contributed by atoms with Crippen molar-refractivity contribution in [1.29, 1.82) is 0 Å².